The van der Waals surface area contributed by atoms with Crippen molar-refractivity contribution in [1.82, 2.24) is 24.3 Å². The molecule has 2 aromatic carbocycles. The highest BCUT2D eigenvalue weighted by molar-refractivity contribution is 14.1. The molecule has 4 rings (SSSR count). The van der Waals surface area contributed by atoms with Gasteiger partial charge in [-0.3, -0.25) is 5.43 Å². The maximum atomic E-state index is 13.1. The molecule has 0 bridgehead atoms. The van der Waals surface area contributed by atoms with Crippen LogP contribution in [0.15, 0.2) is 59.4 Å². The largest absolute Gasteiger partial charge is 0.340 e. The number of imidazole rings is 1. The zero-order chi connectivity index (χ0) is 17.4. The van der Waals surface area contributed by atoms with Crippen molar-refractivity contribution in [3.63, 3.8) is 0 Å². The normalized spacial score (nSPS) is 11.0. The zero-order valence-corrected chi connectivity index (χ0v) is 15.0. The number of anilines is 1. The molecule has 0 spiro atoms. The Kier molecular flexibility index (Phi) is 3.93. The van der Waals surface area contributed by atoms with Crippen molar-refractivity contribution in [1.29, 1.82) is 0 Å². The van der Waals surface area contributed by atoms with Crippen LogP contribution in [0.3, 0.4) is 0 Å². The lowest BCUT2D eigenvalue weighted by Gasteiger charge is -2.02. The summed E-state index contributed by atoms with van der Waals surface area (Å²) < 4.78 is 4.04. The minimum Gasteiger partial charge on any atom is -0.291 e. The van der Waals surface area contributed by atoms with Crippen LogP contribution in [0, 0.1) is 3.57 Å². The van der Waals surface area contributed by atoms with E-state index in [2.05, 4.69) is 43.2 Å². The Morgan fingerprint density at radius 2 is 1.52 bits per heavy atom. The Hall–Kier alpha value is -2.79. The summed E-state index contributed by atoms with van der Waals surface area (Å²) in [7, 11) is 0. The minimum absolute atomic E-state index is 0.136. The van der Waals surface area contributed by atoms with E-state index in [1.165, 1.54) is 9.13 Å². The van der Waals surface area contributed by atoms with Crippen molar-refractivity contribution in [2.24, 2.45) is 5.84 Å². The second-order valence-electron chi connectivity index (χ2n) is 5.19. The van der Waals surface area contributed by atoms with Crippen molar-refractivity contribution in [2.45, 2.75) is 0 Å². The molecule has 2 heterocycles. The first-order valence-electron chi connectivity index (χ1n) is 7.35. The summed E-state index contributed by atoms with van der Waals surface area (Å²) in [6.07, 6.45) is 0. The molecular weight excluding hydrogens is 433 g/mol. The number of rotatable bonds is 3. The molecular formula is C16H12IN7O. The number of nitrogens with zero attached hydrogens (tertiary/aromatic N) is 5. The van der Waals surface area contributed by atoms with Crippen molar-refractivity contribution >= 4 is 39.8 Å². The van der Waals surface area contributed by atoms with Crippen molar-refractivity contribution < 1.29 is 0 Å². The fourth-order valence-corrected chi connectivity index (χ4v) is 2.94. The van der Waals surface area contributed by atoms with E-state index in [-0.39, 0.29) is 11.6 Å². The lowest BCUT2D eigenvalue weighted by atomic mass is 10.3. The number of hydrogen-bond donors (Lipinski definition) is 2. The molecule has 25 heavy (non-hydrogen) atoms. The third-order valence-corrected chi connectivity index (χ3v) is 4.40. The van der Waals surface area contributed by atoms with Crippen LogP contribution in [0.4, 0.5) is 5.95 Å². The third kappa shape index (κ3) is 2.66. The van der Waals surface area contributed by atoms with E-state index in [1.807, 2.05) is 54.6 Å². The van der Waals surface area contributed by atoms with Gasteiger partial charge in [0.05, 0.1) is 11.4 Å². The van der Waals surface area contributed by atoms with Gasteiger partial charge in [0, 0.05) is 3.57 Å². The zero-order valence-electron chi connectivity index (χ0n) is 12.8. The van der Waals surface area contributed by atoms with Crippen LogP contribution in [-0.2, 0) is 0 Å². The number of para-hydroxylation sites is 1. The average Bonchev–Trinajstić information content (AvgIpc) is 2.94. The fraction of sp³-hybridized carbons (Fsp3) is 0. The van der Waals surface area contributed by atoms with Crippen LogP contribution in [0.25, 0.3) is 22.7 Å². The van der Waals surface area contributed by atoms with Crippen LogP contribution in [0.2, 0.25) is 0 Å². The number of hydrogen-bond acceptors (Lipinski definition) is 6. The van der Waals surface area contributed by atoms with Gasteiger partial charge in [-0.15, -0.1) is 10.2 Å². The molecule has 3 N–H and O–H groups in total. The van der Waals surface area contributed by atoms with Crippen LogP contribution in [0.5, 0.6) is 0 Å². The first kappa shape index (κ1) is 15.7. The molecule has 0 aliphatic rings. The number of aromatic nitrogens is 5. The van der Waals surface area contributed by atoms with Crippen LogP contribution >= 0.6 is 22.6 Å². The van der Waals surface area contributed by atoms with Gasteiger partial charge in [-0.1, -0.05) is 18.2 Å². The quantitative estimate of drug-likeness (QED) is 0.284. The lowest BCUT2D eigenvalue weighted by Crippen LogP contribution is -2.22. The van der Waals surface area contributed by atoms with E-state index in [9.17, 15) is 4.79 Å². The molecule has 0 saturated heterocycles. The number of hydrazine groups is 1. The van der Waals surface area contributed by atoms with Crippen LogP contribution in [-0.4, -0.2) is 24.3 Å². The Labute approximate surface area is 155 Å². The van der Waals surface area contributed by atoms with Gasteiger partial charge in [0.2, 0.25) is 5.65 Å². The van der Waals surface area contributed by atoms with Gasteiger partial charge in [0.1, 0.15) is 0 Å². The van der Waals surface area contributed by atoms with Gasteiger partial charge in [0.25, 0.3) is 5.95 Å². The summed E-state index contributed by atoms with van der Waals surface area (Å²) >= 11 is 2.21. The minimum atomic E-state index is -0.279. The Morgan fingerprint density at radius 1 is 0.880 bits per heavy atom. The van der Waals surface area contributed by atoms with Crippen molar-refractivity contribution in [3.8, 4) is 11.4 Å². The van der Waals surface area contributed by atoms with Gasteiger partial charge in [0.15, 0.2) is 5.65 Å². The fourth-order valence-electron chi connectivity index (χ4n) is 2.58. The van der Waals surface area contributed by atoms with E-state index in [0.717, 1.165) is 3.57 Å². The van der Waals surface area contributed by atoms with E-state index in [0.29, 0.717) is 22.7 Å². The van der Waals surface area contributed by atoms with Crippen molar-refractivity contribution in [2.75, 3.05) is 5.43 Å². The van der Waals surface area contributed by atoms with Gasteiger partial charge in [-0.25, -0.2) is 19.8 Å². The maximum Gasteiger partial charge on any atom is 0.340 e. The van der Waals surface area contributed by atoms with Gasteiger partial charge < -0.3 is 0 Å². The molecule has 0 aliphatic heterocycles. The number of nitrogens with one attached hydrogen (secondary N) is 1. The highest BCUT2D eigenvalue weighted by Crippen LogP contribution is 2.19. The predicted octanol–water partition coefficient (Wildman–Crippen LogP) is 1.86. The van der Waals surface area contributed by atoms with Crippen molar-refractivity contribution in [3.05, 3.63) is 68.7 Å². The molecule has 4 aromatic rings. The summed E-state index contributed by atoms with van der Waals surface area (Å²) in [5.41, 5.74) is 4.19. The number of benzene rings is 2. The first-order valence-corrected chi connectivity index (χ1v) is 8.43. The third-order valence-electron chi connectivity index (χ3n) is 3.69. The highest BCUT2D eigenvalue weighted by atomic mass is 127. The molecule has 0 radical (unpaired) electrons. The monoisotopic (exact) mass is 445 g/mol. The average molecular weight is 445 g/mol. The number of nitrogen functional groups attached to an aromatic ring is 1. The standard InChI is InChI=1S/C16H12IN7O/c17-10-6-8-12(9-7-10)24-14-13(19-15(20-18)22-21-14)23(16(24)25)11-4-2-1-3-5-11/h1-9H,18H2,(H,19,20,22). The molecule has 8 nitrogen and oxygen atoms in total. The second kappa shape index (κ2) is 6.26. The van der Waals surface area contributed by atoms with E-state index < -0.39 is 0 Å². The van der Waals surface area contributed by atoms with E-state index >= 15 is 0 Å². The molecule has 0 saturated carbocycles. The summed E-state index contributed by atoms with van der Waals surface area (Å²) in [6.45, 7) is 0. The Balaban J connectivity index is 2.09. The van der Waals surface area contributed by atoms with E-state index in [4.69, 9.17) is 5.84 Å². The molecule has 0 unspecified atom stereocenters. The van der Waals surface area contributed by atoms with Gasteiger partial charge in [-0.2, -0.15) is 4.98 Å². The van der Waals surface area contributed by atoms with Gasteiger partial charge >= 0.3 is 5.69 Å². The number of halogens is 1. The molecule has 124 valence electrons. The molecule has 0 atom stereocenters. The first-order chi connectivity index (χ1) is 12.2. The van der Waals surface area contributed by atoms with E-state index in [1.54, 1.807) is 0 Å². The molecule has 9 heteroatoms. The molecule has 2 aromatic heterocycles. The van der Waals surface area contributed by atoms with Crippen LogP contribution in [0.1, 0.15) is 0 Å². The number of fused-ring (bicyclic) bond motifs is 1. The Morgan fingerprint density at radius 3 is 2.20 bits per heavy atom. The maximum absolute atomic E-state index is 13.1. The summed E-state index contributed by atoms with van der Waals surface area (Å²) in [5.74, 6) is 5.53. The van der Waals surface area contributed by atoms with Gasteiger partial charge in [-0.05, 0) is 59.0 Å². The number of nitrogens with two attached hydrogens (primary N) is 1. The smallest absolute Gasteiger partial charge is 0.291 e. The predicted molar refractivity (Wildman–Crippen MR) is 103 cm³/mol. The topological polar surface area (TPSA) is 104 Å². The summed E-state index contributed by atoms with van der Waals surface area (Å²) in [6, 6.07) is 16.8. The lowest BCUT2D eigenvalue weighted by molar-refractivity contribution is 0.917. The summed E-state index contributed by atoms with van der Waals surface area (Å²) in [5, 5.41) is 8.05. The van der Waals surface area contributed by atoms with Crippen LogP contribution < -0.4 is 17.0 Å². The molecule has 0 fully saturated rings. The summed E-state index contributed by atoms with van der Waals surface area (Å²) in [4.78, 5) is 17.5. The Bertz CT molecular complexity index is 1100. The second-order valence-corrected chi connectivity index (χ2v) is 6.44. The molecule has 0 aliphatic carbocycles. The highest BCUT2D eigenvalue weighted by Gasteiger charge is 2.19. The SMILES string of the molecule is NNc1nnc2c(n1)n(-c1ccccc1)c(=O)n2-c1ccc(I)cc1. The molecule has 0 amide bonds.